The molecule has 0 aliphatic heterocycles. The molecule has 0 heterocycles. The summed E-state index contributed by atoms with van der Waals surface area (Å²) in [7, 11) is 0. The minimum atomic E-state index is 1.13. The first kappa shape index (κ1) is 24.3. The van der Waals surface area contributed by atoms with Crippen LogP contribution >= 0.6 is 0 Å². The first-order valence-corrected chi connectivity index (χ1v) is 13.3. The minimum Gasteiger partial charge on any atom is -0.311 e. The number of aryl methyl sites for hydroxylation is 1. The molecular formula is C37H30N2. The molecule has 0 spiro atoms. The second kappa shape index (κ2) is 11.1. The number of nitrogens with zero attached hydrogens (tertiary/aromatic N) is 2. The van der Waals surface area contributed by atoms with Crippen molar-refractivity contribution in [3.05, 3.63) is 169 Å². The lowest BCUT2D eigenvalue weighted by atomic mass is 10.0. The van der Waals surface area contributed by atoms with Gasteiger partial charge in [-0.2, -0.15) is 0 Å². The Morgan fingerprint density at radius 2 is 0.641 bits per heavy atom. The van der Waals surface area contributed by atoms with Gasteiger partial charge < -0.3 is 9.80 Å². The average molecular weight is 503 g/mol. The van der Waals surface area contributed by atoms with Gasteiger partial charge in [-0.3, -0.25) is 0 Å². The van der Waals surface area contributed by atoms with Gasteiger partial charge in [-0.05, 0) is 96.4 Å². The van der Waals surface area contributed by atoms with Crippen LogP contribution in [0.15, 0.2) is 164 Å². The van der Waals surface area contributed by atoms with E-state index in [-0.39, 0.29) is 0 Å². The Balaban J connectivity index is 1.32. The normalized spacial score (nSPS) is 10.7. The first-order chi connectivity index (χ1) is 19.3. The van der Waals surface area contributed by atoms with Crippen LogP contribution in [0.25, 0.3) is 11.1 Å². The molecule has 0 saturated heterocycles. The molecule has 0 fully saturated rings. The molecule has 0 amide bonds. The molecule has 2 nitrogen and oxygen atoms in total. The molecular weight excluding hydrogens is 472 g/mol. The molecule has 39 heavy (non-hydrogen) atoms. The van der Waals surface area contributed by atoms with Crippen LogP contribution in [0.5, 0.6) is 0 Å². The van der Waals surface area contributed by atoms with Crippen LogP contribution in [0.2, 0.25) is 0 Å². The van der Waals surface area contributed by atoms with Crippen molar-refractivity contribution < 1.29 is 0 Å². The quantitative estimate of drug-likeness (QED) is 0.214. The van der Waals surface area contributed by atoms with Crippen LogP contribution in [-0.2, 0) is 0 Å². The molecule has 0 aromatic heterocycles. The Hall–Kier alpha value is -5.08. The average Bonchev–Trinajstić information content (AvgIpc) is 3.00. The second-order valence-corrected chi connectivity index (χ2v) is 9.61. The van der Waals surface area contributed by atoms with Gasteiger partial charge in [0.15, 0.2) is 0 Å². The second-order valence-electron chi connectivity index (χ2n) is 9.61. The molecule has 0 bridgehead atoms. The number of anilines is 6. The van der Waals surface area contributed by atoms with Crippen LogP contribution in [0, 0.1) is 6.92 Å². The lowest BCUT2D eigenvalue weighted by Gasteiger charge is -2.26. The van der Waals surface area contributed by atoms with Gasteiger partial charge in [-0.15, -0.1) is 0 Å². The van der Waals surface area contributed by atoms with E-state index in [1.165, 1.54) is 16.7 Å². The lowest BCUT2D eigenvalue weighted by molar-refractivity contribution is 1.27. The third kappa shape index (κ3) is 5.32. The smallest absolute Gasteiger partial charge is 0.0464 e. The molecule has 6 aromatic carbocycles. The predicted octanol–water partition coefficient (Wildman–Crippen LogP) is 10.6. The maximum atomic E-state index is 2.30. The number of benzene rings is 6. The molecule has 0 saturated carbocycles. The molecule has 0 aliphatic rings. The molecule has 6 aromatic rings. The van der Waals surface area contributed by atoms with E-state index in [2.05, 4.69) is 181 Å². The van der Waals surface area contributed by atoms with Gasteiger partial charge in [-0.1, -0.05) is 91.0 Å². The summed E-state index contributed by atoms with van der Waals surface area (Å²) in [6.45, 7) is 2.14. The molecule has 6 rings (SSSR count). The van der Waals surface area contributed by atoms with E-state index in [9.17, 15) is 0 Å². The molecule has 0 radical (unpaired) electrons. The van der Waals surface area contributed by atoms with E-state index >= 15 is 0 Å². The highest BCUT2D eigenvalue weighted by Gasteiger charge is 2.14. The van der Waals surface area contributed by atoms with Crippen molar-refractivity contribution in [3.8, 4) is 11.1 Å². The summed E-state index contributed by atoms with van der Waals surface area (Å²) in [5.41, 5.74) is 10.4. The van der Waals surface area contributed by atoms with Crippen LogP contribution in [0.4, 0.5) is 34.1 Å². The highest BCUT2D eigenvalue weighted by atomic mass is 15.1. The van der Waals surface area contributed by atoms with E-state index in [4.69, 9.17) is 0 Å². The third-order valence-corrected chi connectivity index (χ3v) is 6.89. The molecule has 2 heteroatoms. The molecule has 0 N–H and O–H groups in total. The van der Waals surface area contributed by atoms with Gasteiger partial charge in [0, 0.05) is 34.1 Å². The minimum absolute atomic E-state index is 1.13. The monoisotopic (exact) mass is 502 g/mol. The Labute approximate surface area is 231 Å². The summed E-state index contributed by atoms with van der Waals surface area (Å²) in [5, 5.41) is 0. The van der Waals surface area contributed by atoms with Gasteiger partial charge in [0.25, 0.3) is 0 Å². The van der Waals surface area contributed by atoms with Crippen LogP contribution in [0.1, 0.15) is 5.56 Å². The molecule has 0 aliphatic carbocycles. The highest BCUT2D eigenvalue weighted by molar-refractivity contribution is 5.80. The Morgan fingerprint density at radius 3 is 1.03 bits per heavy atom. The van der Waals surface area contributed by atoms with Gasteiger partial charge >= 0.3 is 0 Å². The van der Waals surface area contributed by atoms with Crippen molar-refractivity contribution in [1.82, 2.24) is 0 Å². The highest BCUT2D eigenvalue weighted by Crippen LogP contribution is 2.37. The lowest BCUT2D eigenvalue weighted by Crippen LogP contribution is -2.10. The molecule has 188 valence electrons. The van der Waals surface area contributed by atoms with Crippen LogP contribution < -0.4 is 9.80 Å². The van der Waals surface area contributed by atoms with Gasteiger partial charge in [0.1, 0.15) is 0 Å². The fraction of sp³-hybridized carbons (Fsp3) is 0.0270. The van der Waals surface area contributed by atoms with E-state index in [0.717, 1.165) is 34.1 Å². The Morgan fingerprint density at radius 1 is 0.308 bits per heavy atom. The van der Waals surface area contributed by atoms with Crippen molar-refractivity contribution >= 4 is 34.1 Å². The van der Waals surface area contributed by atoms with Crippen molar-refractivity contribution in [1.29, 1.82) is 0 Å². The summed E-state index contributed by atoms with van der Waals surface area (Å²) in [6.07, 6.45) is 0. The Kier molecular flexibility index (Phi) is 6.92. The largest absolute Gasteiger partial charge is 0.311 e. The van der Waals surface area contributed by atoms with Crippen molar-refractivity contribution in [2.45, 2.75) is 6.92 Å². The third-order valence-electron chi connectivity index (χ3n) is 6.89. The van der Waals surface area contributed by atoms with E-state index in [0.29, 0.717) is 0 Å². The number of hydrogen-bond acceptors (Lipinski definition) is 2. The summed E-state index contributed by atoms with van der Waals surface area (Å²) in [4.78, 5) is 4.59. The maximum absolute atomic E-state index is 2.30. The predicted molar refractivity (Wildman–Crippen MR) is 166 cm³/mol. The van der Waals surface area contributed by atoms with Gasteiger partial charge in [-0.25, -0.2) is 0 Å². The number of hydrogen-bond donors (Lipinski definition) is 0. The summed E-state index contributed by atoms with van der Waals surface area (Å²) in [5.74, 6) is 0. The summed E-state index contributed by atoms with van der Waals surface area (Å²) in [6, 6.07) is 57.8. The van der Waals surface area contributed by atoms with Crippen molar-refractivity contribution in [3.63, 3.8) is 0 Å². The Bertz CT molecular complexity index is 1590. The standard InChI is InChI=1S/C37H30N2/c1-29-12-11-19-37(28-29)39(34-17-9-4-10-18-34)36-26-22-31(23-27-36)30-20-24-35(25-21-30)38(32-13-5-2-6-14-32)33-15-7-3-8-16-33/h2-28H,1H3. The zero-order chi connectivity index (χ0) is 26.4. The van der Waals surface area contributed by atoms with Crippen LogP contribution in [-0.4, -0.2) is 0 Å². The van der Waals surface area contributed by atoms with E-state index in [1.54, 1.807) is 0 Å². The fourth-order valence-corrected chi connectivity index (χ4v) is 5.00. The van der Waals surface area contributed by atoms with Crippen molar-refractivity contribution in [2.24, 2.45) is 0 Å². The van der Waals surface area contributed by atoms with E-state index < -0.39 is 0 Å². The first-order valence-electron chi connectivity index (χ1n) is 13.3. The molecule has 0 atom stereocenters. The maximum Gasteiger partial charge on any atom is 0.0464 e. The van der Waals surface area contributed by atoms with Crippen LogP contribution in [0.3, 0.4) is 0 Å². The molecule has 0 unspecified atom stereocenters. The van der Waals surface area contributed by atoms with Crippen molar-refractivity contribution in [2.75, 3.05) is 9.80 Å². The summed E-state index contributed by atoms with van der Waals surface area (Å²) < 4.78 is 0. The number of para-hydroxylation sites is 3. The van der Waals surface area contributed by atoms with Gasteiger partial charge in [0.2, 0.25) is 0 Å². The fourth-order valence-electron chi connectivity index (χ4n) is 5.00. The zero-order valence-corrected chi connectivity index (χ0v) is 22.0. The SMILES string of the molecule is Cc1cccc(N(c2ccccc2)c2ccc(-c3ccc(N(c4ccccc4)c4ccccc4)cc3)cc2)c1. The summed E-state index contributed by atoms with van der Waals surface area (Å²) >= 11 is 0. The van der Waals surface area contributed by atoms with Gasteiger partial charge in [0.05, 0.1) is 0 Å². The van der Waals surface area contributed by atoms with E-state index in [1.807, 2.05) is 0 Å². The number of rotatable bonds is 7. The zero-order valence-electron chi connectivity index (χ0n) is 22.0. The topological polar surface area (TPSA) is 6.48 Å².